The lowest BCUT2D eigenvalue weighted by atomic mass is 9.90. The fraction of sp³-hybridized carbons (Fsp3) is 0.222. The van der Waals surface area contributed by atoms with Gasteiger partial charge in [-0.15, -0.1) is 0 Å². The van der Waals surface area contributed by atoms with Crippen LogP contribution in [-0.2, 0) is 9.59 Å². The van der Waals surface area contributed by atoms with Gasteiger partial charge in [0, 0.05) is 10.7 Å². The normalized spacial score (nSPS) is 10.9. The van der Waals surface area contributed by atoms with Crippen molar-refractivity contribution in [3.63, 3.8) is 0 Å². The number of hydrogen-bond acceptors (Lipinski definition) is 3. The van der Waals surface area contributed by atoms with Crippen molar-refractivity contribution in [1.29, 1.82) is 0 Å². The lowest BCUT2D eigenvalue weighted by Gasteiger charge is -2.23. The molecule has 0 bridgehead atoms. The maximum absolute atomic E-state index is 12.9. The Morgan fingerprint density at radius 3 is 2.24 bits per heavy atom. The number of carbonyl (C=O) groups is 2. The SMILES string of the molecule is COc1ccc(Cl)cc1NC(=O)C(C)(C)C(=O)Nc1ccc(F)cc1. The molecule has 0 radical (unpaired) electrons. The van der Waals surface area contributed by atoms with Crippen molar-refractivity contribution < 1.29 is 18.7 Å². The molecule has 2 N–H and O–H groups in total. The molecule has 0 heterocycles. The number of carbonyl (C=O) groups excluding carboxylic acids is 2. The third kappa shape index (κ3) is 4.48. The number of anilines is 2. The first-order valence-corrected chi connectivity index (χ1v) is 7.84. The first-order chi connectivity index (χ1) is 11.7. The van der Waals surface area contributed by atoms with Gasteiger partial charge < -0.3 is 15.4 Å². The zero-order valence-corrected chi connectivity index (χ0v) is 14.8. The summed E-state index contributed by atoms with van der Waals surface area (Å²) in [6.07, 6.45) is 0. The van der Waals surface area contributed by atoms with Crippen LogP contribution in [0.2, 0.25) is 5.02 Å². The van der Waals surface area contributed by atoms with E-state index in [0.717, 1.165) is 0 Å². The van der Waals surface area contributed by atoms with E-state index in [0.29, 0.717) is 22.1 Å². The number of benzene rings is 2. The van der Waals surface area contributed by atoms with Crippen molar-refractivity contribution in [2.75, 3.05) is 17.7 Å². The lowest BCUT2D eigenvalue weighted by molar-refractivity contribution is -0.135. The second-order valence-corrected chi connectivity index (χ2v) is 6.32. The van der Waals surface area contributed by atoms with Crippen LogP contribution >= 0.6 is 11.6 Å². The zero-order chi connectivity index (χ0) is 18.6. The largest absolute Gasteiger partial charge is 0.495 e. The molecule has 0 saturated carbocycles. The van der Waals surface area contributed by atoms with Crippen LogP contribution in [0.15, 0.2) is 42.5 Å². The van der Waals surface area contributed by atoms with Gasteiger partial charge in [0.15, 0.2) is 0 Å². The van der Waals surface area contributed by atoms with Crippen molar-refractivity contribution in [3.8, 4) is 5.75 Å². The first-order valence-electron chi connectivity index (χ1n) is 7.46. The second kappa shape index (κ2) is 7.53. The summed E-state index contributed by atoms with van der Waals surface area (Å²) >= 11 is 5.94. The Labute approximate surface area is 150 Å². The summed E-state index contributed by atoms with van der Waals surface area (Å²) in [7, 11) is 1.46. The summed E-state index contributed by atoms with van der Waals surface area (Å²) in [5, 5.41) is 5.66. The quantitative estimate of drug-likeness (QED) is 0.785. The summed E-state index contributed by atoms with van der Waals surface area (Å²) < 4.78 is 18.1. The van der Waals surface area contributed by atoms with E-state index in [2.05, 4.69) is 10.6 Å². The first kappa shape index (κ1) is 18.7. The van der Waals surface area contributed by atoms with Gasteiger partial charge in [-0.3, -0.25) is 9.59 Å². The number of amides is 2. The van der Waals surface area contributed by atoms with Gasteiger partial charge in [0.2, 0.25) is 11.8 Å². The van der Waals surface area contributed by atoms with Crippen molar-refractivity contribution in [1.82, 2.24) is 0 Å². The third-order valence-electron chi connectivity index (χ3n) is 3.65. The number of hydrogen-bond donors (Lipinski definition) is 2. The van der Waals surface area contributed by atoms with E-state index in [1.54, 1.807) is 12.1 Å². The van der Waals surface area contributed by atoms with Gasteiger partial charge in [-0.2, -0.15) is 0 Å². The molecule has 2 rings (SSSR count). The van der Waals surface area contributed by atoms with Crippen LogP contribution in [0.25, 0.3) is 0 Å². The molecule has 0 unspecified atom stereocenters. The second-order valence-electron chi connectivity index (χ2n) is 5.88. The molecule has 2 aromatic rings. The lowest BCUT2D eigenvalue weighted by Crippen LogP contribution is -2.41. The van der Waals surface area contributed by atoms with Gasteiger partial charge in [-0.05, 0) is 56.3 Å². The van der Waals surface area contributed by atoms with Gasteiger partial charge in [-0.25, -0.2) is 4.39 Å². The van der Waals surface area contributed by atoms with E-state index < -0.39 is 23.0 Å². The molecule has 0 atom stereocenters. The molecular weight excluding hydrogens is 347 g/mol. The summed E-state index contributed by atoms with van der Waals surface area (Å²) in [4.78, 5) is 25.0. The number of nitrogens with one attached hydrogen (secondary N) is 2. The molecule has 5 nitrogen and oxygen atoms in total. The van der Waals surface area contributed by atoms with E-state index in [1.165, 1.54) is 51.3 Å². The van der Waals surface area contributed by atoms with Crippen LogP contribution in [0.3, 0.4) is 0 Å². The Morgan fingerprint density at radius 1 is 1.04 bits per heavy atom. The van der Waals surface area contributed by atoms with Gasteiger partial charge in [0.1, 0.15) is 17.0 Å². The summed E-state index contributed by atoms with van der Waals surface area (Å²) in [5.41, 5.74) is -0.628. The smallest absolute Gasteiger partial charge is 0.239 e. The monoisotopic (exact) mass is 364 g/mol. The van der Waals surface area contributed by atoms with Crippen LogP contribution in [0.1, 0.15) is 13.8 Å². The molecule has 0 spiro atoms. The molecule has 7 heteroatoms. The van der Waals surface area contributed by atoms with Gasteiger partial charge in [0.25, 0.3) is 0 Å². The van der Waals surface area contributed by atoms with Crippen molar-refractivity contribution in [3.05, 3.63) is 53.3 Å². The Kier molecular flexibility index (Phi) is 5.64. The zero-order valence-electron chi connectivity index (χ0n) is 14.0. The maximum Gasteiger partial charge on any atom is 0.239 e. The fourth-order valence-electron chi connectivity index (χ4n) is 1.98. The predicted molar refractivity (Wildman–Crippen MR) is 95.4 cm³/mol. The van der Waals surface area contributed by atoms with E-state index in [1.807, 2.05) is 0 Å². The number of ether oxygens (including phenoxy) is 1. The Bertz CT molecular complexity index is 791. The number of halogens is 2. The van der Waals surface area contributed by atoms with Crippen LogP contribution in [0.5, 0.6) is 5.75 Å². The Balaban J connectivity index is 2.15. The van der Waals surface area contributed by atoms with Crippen LogP contribution in [0.4, 0.5) is 15.8 Å². The summed E-state index contributed by atoms with van der Waals surface area (Å²) in [5.74, 6) is -1.05. The molecule has 2 aromatic carbocycles. The minimum absolute atomic E-state index is 0.364. The van der Waals surface area contributed by atoms with E-state index in [-0.39, 0.29) is 0 Å². The molecule has 0 aliphatic heterocycles. The highest BCUT2D eigenvalue weighted by atomic mass is 35.5. The van der Waals surface area contributed by atoms with Crippen molar-refractivity contribution >= 4 is 34.8 Å². The fourth-order valence-corrected chi connectivity index (χ4v) is 2.15. The average molecular weight is 365 g/mol. The predicted octanol–water partition coefficient (Wildman–Crippen LogP) is 4.09. The average Bonchev–Trinajstić information content (AvgIpc) is 2.57. The Morgan fingerprint density at radius 2 is 1.64 bits per heavy atom. The summed E-state index contributed by atoms with van der Waals surface area (Å²) in [6.45, 7) is 2.97. The van der Waals surface area contributed by atoms with Crippen LogP contribution < -0.4 is 15.4 Å². The topological polar surface area (TPSA) is 67.4 Å². The highest BCUT2D eigenvalue weighted by Gasteiger charge is 2.36. The van der Waals surface area contributed by atoms with E-state index >= 15 is 0 Å². The van der Waals surface area contributed by atoms with Crippen molar-refractivity contribution in [2.45, 2.75) is 13.8 Å². The van der Waals surface area contributed by atoms with Crippen molar-refractivity contribution in [2.24, 2.45) is 5.41 Å². The third-order valence-corrected chi connectivity index (χ3v) is 3.88. The van der Waals surface area contributed by atoms with Crippen LogP contribution in [0, 0.1) is 11.2 Å². The molecule has 0 saturated heterocycles. The molecular formula is C18H18ClFN2O3. The van der Waals surface area contributed by atoms with Gasteiger partial charge in [-0.1, -0.05) is 11.6 Å². The molecule has 0 aromatic heterocycles. The minimum Gasteiger partial charge on any atom is -0.495 e. The Hall–Kier alpha value is -2.60. The maximum atomic E-state index is 12.9. The molecule has 0 fully saturated rings. The summed E-state index contributed by atoms with van der Waals surface area (Å²) in [6, 6.07) is 10.1. The molecule has 0 aliphatic rings. The molecule has 132 valence electrons. The highest BCUT2D eigenvalue weighted by Crippen LogP contribution is 2.30. The molecule has 0 aliphatic carbocycles. The van der Waals surface area contributed by atoms with Gasteiger partial charge >= 0.3 is 0 Å². The van der Waals surface area contributed by atoms with Crippen LogP contribution in [-0.4, -0.2) is 18.9 Å². The van der Waals surface area contributed by atoms with E-state index in [4.69, 9.17) is 16.3 Å². The number of methoxy groups -OCH3 is 1. The van der Waals surface area contributed by atoms with E-state index in [9.17, 15) is 14.0 Å². The molecule has 2 amide bonds. The standard InChI is InChI=1S/C18H18ClFN2O3/c1-18(2,16(23)21-13-7-5-12(20)6-8-13)17(24)22-14-10-11(19)4-9-15(14)25-3/h4-10H,1-3H3,(H,21,23)(H,22,24). The highest BCUT2D eigenvalue weighted by molar-refractivity contribution is 6.31. The minimum atomic E-state index is -1.39. The molecule has 25 heavy (non-hydrogen) atoms. The number of rotatable bonds is 5. The van der Waals surface area contributed by atoms with Gasteiger partial charge in [0.05, 0.1) is 12.8 Å².